The summed E-state index contributed by atoms with van der Waals surface area (Å²) in [6.45, 7) is 4.90. The lowest BCUT2D eigenvalue weighted by Gasteiger charge is -2.07. The first-order chi connectivity index (χ1) is 9.78. The zero-order valence-electron chi connectivity index (χ0n) is 12.3. The molecule has 0 radical (unpaired) electrons. The summed E-state index contributed by atoms with van der Waals surface area (Å²) >= 11 is 0. The average molecular weight is 266 g/mol. The SMILES string of the molecule is CCC/C=C/c1ccc(OCc2ccc(C)cc2)cc1. The minimum Gasteiger partial charge on any atom is -0.489 e. The third-order valence-corrected chi connectivity index (χ3v) is 3.17. The van der Waals surface area contributed by atoms with E-state index in [4.69, 9.17) is 4.74 Å². The Kier molecular flexibility index (Phi) is 5.43. The molecule has 2 rings (SSSR count). The molecule has 0 aromatic heterocycles. The smallest absolute Gasteiger partial charge is 0.119 e. The van der Waals surface area contributed by atoms with Gasteiger partial charge in [0.1, 0.15) is 12.4 Å². The summed E-state index contributed by atoms with van der Waals surface area (Å²) < 4.78 is 5.79. The van der Waals surface area contributed by atoms with Crippen molar-refractivity contribution in [2.75, 3.05) is 0 Å². The highest BCUT2D eigenvalue weighted by Gasteiger charge is 1.96. The Bertz CT molecular complexity index is 535. The first kappa shape index (κ1) is 14.4. The van der Waals surface area contributed by atoms with Crippen molar-refractivity contribution in [1.29, 1.82) is 0 Å². The van der Waals surface area contributed by atoms with E-state index in [0.29, 0.717) is 6.61 Å². The molecule has 0 aliphatic carbocycles. The lowest BCUT2D eigenvalue weighted by atomic mass is 10.1. The summed E-state index contributed by atoms with van der Waals surface area (Å²) in [5, 5.41) is 0. The standard InChI is InChI=1S/C19H22O/c1-3-4-5-6-17-11-13-19(14-12-17)20-15-18-9-7-16(2)8-10-18/h5-14H,3-4,15H2,1-2H3/b6-5+. The molecule has 0 bridgehead atoms. The van der Waals surface area contributed by atoms with Gasteiger partial charge in [-0.1, -0.05) is 67.5 Å². The summed E-state index contributed by atoms with van der Waals surface area (Å²) in [5.74, 6) is 0.915. The molecule has 0 amide bonds. The van der Waals surface area contributed by atoms with E-state index < -0.39 is 0 Å². The molecule has 0 spiro atoms. The maximum Gasteiger partial charge on any atom is 0.119 e. The lowest BCUT2D eigenvalue weighted by Crippen LogP contribution is -1.95. The van der Waals surface area contributed by atoms with Gasteiger partial charge in [0, 0.05) is 0 Å². The van der Waals surface area contributed by atoms with Crippen molar-refractivity contribution in [3.63, 3.8) is 0 Å². The second-order valence-electron chi connectivity index (χ2n) is 5.03. The van der Waals surface area contributed by atoms with Crippen molar-refractivity contribution < 1.29 is 4.74 Å². The second-order valence-corrected chi connectivity index (χ2v) is 5.03. The van der Waals surface area contributed by atoms with E-state index >= 15 is 0 Å². The molecule has 0 heterocycles. The van der Waals surface area contributed by atoms with Crippen molar-refractivity contribution in [3.8, 4) is 5.75 Å². The second kappa shape index (κ2) is 7.54. The molecule has 2 aromatic carbocycles. The van der Waals surface area contributed by atoms with E-state index in [9.17, 15) is 0 Å². The van der Waals surface area contributed by atoms with Gasteiger partial charge in [-0.15, -0.1) is 0 Å². The molecule has 0 aliphatic heterocycles. The molecule has 2 aromatic rings. The monoisotopic (exact) mass is 266 g/mol. The molecule has 0 fully saturated rings. The zero-order chi connectivity index (χ0) is 14.2. The third-order valence-electron chi connectivity index (χ3n) is 3.17. The van der Waals surface area contributed by atoms with Crippen LogP contribution in [-0.2, 0) is 6.61 Å². The maximum absolute atomic E-state index is 5.79. The van der Waals surface area contributed by atoms with E-state index in [1.807, 2.05) is 12.1 Å². The van der Waals surface area contributed by atoms with Crippen LogP contribution in [0.5, 0.6) is 5.75 Å². The number of rotatable bonds is 6. The number of hydrogen-bond acceptors (Lipinski definition) is 1. The van der Waals surface area contributed by atoms with Crippen LogP contribution in [0.4, 0.5) is 0 Å². The van der Waals surface area contributed by atoms with Crippen molar-refractivity contribution in [3.05, 3.63) is 71.3 Å². The van der Waals surface area contributed by atoms with Crippen LogP contribution in [0.15, 0.2) is 54.6 Å². The molecule has 0 aliphatic rings. The highest BCUT2D eigenvalue weighted by Crippen LogP contribution is 2.15. The predicted octanol–water partition coefficient (Wildman–Crippen LogP) is 5.39. The van der Waals surface area contributed by atoms with Gasteiger partial charge < -0.3 is 4.74 Å². The summed E-state index contributed by atoms with van der Waals surface area (Å²) in [6, 6.07) is 16.7. The quantitative estimate of drug-likeness (QED) is 0.681. The minimum atomic E-state index is 0.616. The number of aryl methyl sites for hydroxylation is 1. The van der Waals surface area contributed by atoms with Crippen LogP contribution in [0.2, 0.25) is 0 Å². The van der Waals surface area contributed by atoms with Crippen LogP contribution in [0, 0.1) is 6.92 Å². The Balaban J connectivity index is 1.89. The van der Waals surface area contributed by atoms with E-state index in [-0.39, 0.29) is 0 Å². The van der Waals surface area contributed by atoms with Gasteiger partial charge in [0.2, 0.25) is 0 Å². The van der Waals surface area contributed by atoms with Gasteiger partial charge >= 0.3 is 0 Å². The molecule has 0 saturated carbocycles. The summed E-state index contributed by atoms with van der Waals surface area (Å²) in [4.78, 5) is 0. The van der Waals surface area contributed by atoms with E-state index in [1.165, 1.54) is 23.1 Å². The molecule has 0 N–H and O–H groups in total. The molecule has 1 heteroatoms. The Hall–Kier alpha value is -2.02. The molecule has 20 heavy (non-hydrogen) atoms. The Labute approximate surface area is 121 Å². The third kappa shape index (κ3) is 4.58. The molecule has 1 nitrogen and oxygen atoms in total. The van der Waals surface area contributed by atoms with Crippen LogP contribution < -0.4 is 4.74 Å². The minimum absolute atomic E-state index is 0.616. The fourth-order valence-electron chi connectivity index (χ4n) is 1.91. The molecular weight excluding hydrogens is 244 g/mol. The molecule has 0 saturated heterocycles. The maximum atomic E-state index is 5.79. The first-order valence-corrected chi connectivity index (χ1v) is 7.23. The van der Waals surface area contributed by atoms with Crippen molar-refractivity contribution in [2.24, 2.45) is 0 Å². The summed E-state index contributed by atoms with van der Waals surface area (Å²) in [5.41, 5.74) is 3.70. The van der Waals surface area contributed by atoms with Crippen LogP contribution in [0.3, 0.4) is 0 Å². The lowest BCUT2D eigenvalue weighted by molar-refractivity contribution is 0.306. The van der Waals surface area contributed by atoms with Gasteiger partial charge in [0.25, 0.3) is 0 Å². The average Bonchev–Trinajstić information content (AvgIpc) is 2.48. The van der Waals surface area contributed by atoms with Gasteiger partial charge in [0.05, 0.1) is 0 Å². The Morgan fingerprint density at radius 1 is 0.950 bits per heavy atom. The van der Waals surface area contributed by atoms with Gasteiger partial charge in [0.15, 0.2) is 0 Å². The van der Waals surface area contributed by atoms with E-state index in [1.54, 1.807) is 0 Å². The summed E-state index contributed by atoms with van der Waals surface area (Å²) in [6.07, 6.45) is 6.69. The van der Waals surface area contributed by atoms with Crippen molar-refractivity contribution in [2.45, 2.75) is 33.3 Å². The number of ether oxygens (including phenoxy) is 1. The Morgan fingerprint density at radius 2 is 1.65 bits per heavy atom. The first-order valence-electron chi connectivity index (χ1n) is 7.23. The van der Waals surface area contributed by atoms with Crippen LogP contribution in [-0.4, -0.2) is 0 Å². The van der Waals surface area contributed by atoms with Crippen LogP contribution in [0.25, 0.3) is 6.08 Å². The largest absolute Gasteiger partial charge is 0.489 e. The van der Waals surface area contributed by atoms with Gasteiger partial charge in [-0.25, -0.2) is 0 Å². The van der Waals surface area contributed by atoms with Crippen molar-refractivity contribution >= 4 is 6.08 Å². The molecule has 0 unspecified atom stereocenters. The topological polar surface area (TPSA) is 9.23 Å². The zero-order valence-corrected chi connectivity index (χ0v) is 12.3. The molecule has 0 atom stereocenters. The Morgan fingerprint density at radius 3 is 2.30 bits per heavy atom. The van der Waals surface area contributed by atoms with E-state index in [0.717, 1.165) is 12.2 Å². The van der Waals surface area contributed by atoms with Gasteiger partial charge in [-0.3, -0.25) is 0 Å². The van der Waals surface area contributed by atoms with Gasteiger partial charge in [-0.2, -0.15) is 0 Å². The number of allylic oxidation sites excluding steroid dienone is 1. The number of benzene rings is 2. The normalized spacial score (nSPS) is 10.9. The summed E-state index contributed by atoms with van der Waals surface area (Å²) in [7, 11) is 0. The highest BCUT2D eigenvalue weighted by molar-refractivity contribution is 5.50. The van der Waals surface area contributed by atoms with Crippen LogP contribution >= 0.6 is 0 Å². The number of hydrogen-bond donors (Lipinski definition) is 0. The fraction of sp³-hybridized carbons (Fsp3) is 0.263. The molecule has 104 valence electrons. The van der Waals surface area contributed by atoms with Gasteiger partial charge in [-0.05, 0) is 36.6 Å². The van der Waals surface area contributed by atoms with Crippen molar-refractivity contribution in [1.82, 2.24) is 0 Å². The highest BCUT2D eigenvalue weighted by atomic mass is 16.5. The fourth-order valence-corrected chi connectivity index (χ4v) is 1.91. The van der Waals surface area contributed by atoms with E-state index in [2.05, 4.69) is 62.4 Å². The molecular formula is C19H22O. The van der Waals surface area contributed by atoms with Crippen LogP contribution in [0.1, 0.15) is 36.5 Å². The predicted molar refractivity (Wildman–Crippen MR) is 85.9 cm³/mol. The number of unbranched alkanes of at least 4 members (excludes halogenated alkanes) is 1.